The van der Waals surface area contributed by atoms with Gasteiger partial charge in [0.1, 0.15) is 0 Å². The Hall–Kier alpha value is -1.07. The van der Waals surface area contributed by atoms with Gasteiger partial charge in [0.2, 0.25) is 0 Å². The zero-order valence-electron chi connectivity index (χ0n) is 11.4. The third kappa shape index (κ3) is 2.83. The van der Waals surface area contributed by atoms with Crippen LogP contribution in [0.1, 0.15) is 13.8 Å². The summed E-state index contributed by atoms with van der Waals surface area (Å²) in [7, 11) is 0. The quantitative estimate of drug-likeness (QED) is 0.864. The topological polar surface area (TPSA) is 37.3 Å². The van der Waals surface area contributed by atoms with E-state index in [-0.39, 0.29) is 0 Å². The van der Waals surface area contributed by atoms with Crippen LogP contribution in [0.2, 0.25) is 0 Å². The number of hydrogen-bond acceptors (Lipinski definition) is 4. The van der Waals surface area contributed by atoms with Crippen LogP contribution >= 0.6 is 27.7 Å². The fourth-order valence-electron chi connectivity index (χ4n) is 2.15. The number of amidine groups is 1. The Balaban J connectivity index is 1.90. The lowest BCUT2D eigenvalue weighted by molar-refractivity contribution is 0.543. The molecule has 0 amide bonds. The van der Waals surface area contributed by atoms with E-state index in [0.717, 1.165) is 32.0 Å². The maximum Gasteiger partial charge on any atom is 0.161 e. The Kier molecular flexibility index (Phi) is 3.98. The summed E-state index contributed by atoms with van der Waals surface area (Å²) in [4.78, 5) is 9.24. The molecule has 1 N–H and O–H groups in total. The molecule has 2 aromatic rings. The number of nitrogens with one attached hydrogen (secondary N) is 1. The first-order valence-electron chi connectivity index (χ1n) is 6.65. The number of aliphatic imine (C=N–C) groups is 1. The molecular formula is C15H16BrN3S. The Morgan fingerprint density at radius 3 is 3.00 bits per heavy atom. The van der Waals surface area contributed by atoms with Gasteiger partial charge in [0.15, 0.2) is 5.17 Å². The fraction of sp³-hybridized carbons (Fsp3) is 0.333. The number of benzene rings is 1. The Bertz CT molecular complexity index is 669. The molecule has 3 rings (SSSR count). The van der Waals surface area contributed by atoms with Gasteiger partial charge >= 0.3 is 0 Å². The van der Waals surface area contributed by atoms with Gasteiger partial charge < -0.3 is 5.32 Å². The highest BCUT2D eigenvalue weighted by Crippen LogP contribution is 2.28. The molecule has 0 unspecified atom stereocenters. The molecule has 0 saturated carbocycles. The van der Waals surface area contributed by atoms with Crippen molar-refractivity contribution in [2.75, 3.05) is 11.1 Å². The molecule has 1 aromatic heterocycles. The molecule has 0 fully saturated rings. The van der Waals surface area contributed by atoms with Crippen molar-refractivity contribution in [3.05, 3.63) is 34.9 Å². The summed E-state index contributed by atoms with van der Waals surface area (Å²) < 4.78 is 0.995. The number of anilines is 1. The predicted octanol–water partition coefficient (Wildman–Crippen LogP) is 4.54. The number of hydrogen-bond donors (Lipinski definition) is 1. The Labute approximate surface area is 131 Å². The predicted molar refractivity (Wildman–Crippen MR) is 91.6 cm³/mol. The highest BCUT2D eigenvalue weighted by atomic mass is 79.9. The van der Waals surface area contributed by atoms with Gasteiger partial charge in [-0.05, 0) is 34.0 Å². The van der Waals surface area contributed by atoms with Crippen molar-refractivity contribution >= 4 is 49.4 Å². The summed E-state index contributed by atoms with van der Waals surface area (Å²) in [5, 5.41) is 5.54. The number of aromatic nitrogens is 1. The maximum absolute atomic E-state index is 4.74. The number of thioether (sulfide) groups is 1. The van der Waals surface area contributed by atoms with Crippen molar-refractivity contribution in [1.29, 1.82) is 0 Å². The van der Waals surface area contributed by atoms with Gasteiger partial charge in [0.25, 0.3) is 0 Å². The Morgan fingerprint density at radius 2 is 2.25 bits per heavy atom. The first-order valence-corrected chi connectivity index (χ1v) is 8.43. The highest BCUT2D eigenvalue weighted by Gasteiger charge is 2.21. The molecule has 1 atom stereocenters. The zero-order valence-corrected chi connectivity index (χ0v) is 13.8. The summed E-state index contributed by atoms with van der Waals surface area (Å²) >= 11 is 5.25. The third-order valence-corrected chi connectivity index (χ3v) is 4.79. The lowest BCUT2D eigenvalue weighted by Gasteiger charge is -2.09. The van der Waals surface area contributed by atoms with Crippen molar-refractivity contribution in [2.24, 2.45) is 10.9 Å². The van der Waals surface area contributed by atoms with E-state index in [1.807, 2.05) is 12.3 Å². The number of pyridine rings is 1. The van der Waals surface area contributed by atoms with Crippen LogP contribution in [0.3, 0.4) is 0 Å². The molecule has 0 spiro atoms. The van der Waals surface area contributed by atoms with Crippen LogP contribution in [0.25, 0.3) is 10.9 Å². The number of halogens is 1. The zero-order chi connectivity index (χ0) is 14.1. The van der Waals surface area contributed by atoms with Crippen molar-refractivity contribution in [3.63, 3.8) is 0 Å². The third-order valence-electron chi connectivity index (χ3n) is 3.36. The van der Waals surface area contributed by atoms with E-state index in [9.17, 15) is 0 Å². The second-order valence-corrected chi connectivity index (χ2v) is 7.14. The molecule has 5 heteroatoms. The molecule has 0 saturated heterocycles. The van der Waals surface area contributed by atoms with Crippen LogP contribution in [-0.4, -0.2) is 21.9 Å². The molecule has 0 bridgehead atoms. The minimum absolute atomic E-state index is 0.416. The van der Waals surface area contributed by atoms with Crippen molar-refractivity contribution in [2.45, 2.75) is 19.9 Å². The first kappa shape index (κ1) is 13.9. The van der Waals surface area contributed by atoms with Gasteiger partial charge in [-0.2, -0.15) is 0 Å². The summed E-state index contributed by atoms with van der Waals surface area (Å²) in [5.41, 5.74) is 2.00. The van der Waals surface area contributed by atoms with Crippen LogP contribution in [0.5, 0.6) is 0 Å². The minimum Gasteiger partial charge on any atom is -0.333 e. The largest absolute Gasteiger partial charge is 0.333 e. The fourth-order valence-corrected chi connectivity index (χ4v) is 3.68. The van der Waals surface area contributed by atoms with E-state index >= 15 is 0 Å². The van der Waals surface area contributed by atoms with Crippen molar-refractivity contribution in [1.82, 2.24) is 4.98 Å². The Morgan fingerprint density at radius 1 is 1.40 bits per heavy atom. The second kappa shape index (κ2) is 5.74. The molecule has 1 aromatic carbocycles. The van der Waals surface area contributed by atoms with E-state index in [4.69, 9.17) is 4.99 Å². The maximum atomic E-state index is 4.74. The van der Waals surface area contributed by atoms with Crippen LogP contribution in [-0.2, 0) is 0 Å². The SMILES string of the molecule is CC(C)[C@H]1CSC(Nc2cccc3cc(Br)cnc23)=N1. The number of fused-ring (bicyclic) bond motifs is 1. The molecule has 2 heterocycles. The standard InChI is InChI=1S/C15H16BrN3S/c1-9(2)13-8-20-15(19-13)18-12-5-3-4-10-6-11(16)7-17-14(10)12/h3-7,9,13H,8H2,1-2H3,(H,18,19)/t13-/m1/s1. The lowest BCUT2D eigenvalue weighted by atomic mass is 10.1. The van der Waals surface area contributed by atoms with Gasteiger partial charge in [0.05, 0.1) is 17.2 Å². The summed E-state index contributed by atoms with van der Waals surface area (Å²) in [6.45, 7) is 4.43. The van der Waals surface area contributed by atoms with Gasteiger partial charge in [-0.15, -0.1) is 0 Å². The smallest absolute Gasteiger partial charge is 0.161 e. The van der Waals surface area contributed by atoms with E-state index in [1.54, 1.807) is 11.8 Å². The summed E-state index contributed by atoms with van der Waals surface area (Å²) in [5.74, 6) is 1.65. The van der Waals surface area contributed by atoms with E-state index < -0.39 is 0 Å². The van der Waals surface area contributed by atoms with Gasteiger partial charge in [-0.25, -0.2) is 0 Å². The first-order chi connectivity index (χ1) is 9.63. The van der Waals surface area contributed by atoms with Crippen molar-refractivity contribution < 1.29 is 0 Å². The minimum atomic E-state index is 0.416. The molecule has 1 aliphatic heterocycles. The van der Waals surface area contributed by atoms with Crippen LogP contribution in [0.15, 0.2) is 39.9 Å². The summed E-state index contributed by atoms with van der Waals surface area (Å²) in [6.07, 6.45) is 1.83. The van der Waals surface area contributed by atoms with Crippen LogP contribution < -0.4 is 5.32 Å². The number of nitrogens with zero attached hydrogens (tertiary/aromatic N) is 2. The van der Waals surface area contributed by atoms with E-state index in [2.05, 4.69) is 58.3 Å². The van der Waals surface area contributed by atoms with Crippen LogP contribution in [0, 0.1) is 5.92 Å². The average molecular weight is 350 g/mol. The van der Waals surface area contributed by atoms with E-state index in [1.165, 1.54) is 0 Å². The van der Waals surface area contributed by atoms with Gasteiger partial charge in [0, 0.05) is 21.8 Å². The molecule has 0 aliphatic carbocycles. The van der Waals surface area contributed by atoms with Gasteiger partial charge in [-0.1, -0.05) is 37.7 Å². The van der Waals surface area contributed by atoms with E-state index in [0.29, 0.717) is 12.0 Å². The van der Waals surface area contributed by atoms with Gasteiger partial charge in [-0.3, -0.25) is 9.98 Å². The molecule has 3 nitrogen and oxygen atoms in total. The molecule has 104 valence electrons. The molecule has 20 heavy (non-hydrogen) atoms. The average Bonchev–Trinajstić information content (AvgIpc) is 2.87. The normalized spacial score (nSPS) is 18.6. The monoisotopic (exact) mass is 349 g/mol. The van der Waals surface area contributed by atoms with Crippen LogP contribution in [0.4, 0.5) is 5.69 Å². The van der Waals surface area contributed by atoms with Crippen molar-refractivity contribution in [3.8, 4) is 0 Å². The molecular weight excluding hydrogens is 334 g/mol. The number of rotatable bonds is 2. The second-order valence-electron chi connectivity index (χ2n) is 5.21. The highest BCUT2D eigenvalue weighted by molar-refractivity contribution is 9.10. The molecule has 0 radical (unpaired) electrons. The molecule has 1 aliphatic rings. The lowest BCUT2D eigenvalue weighted by Crippen LogP contribution is -2.12. The summed E-state index contributed by atoms with van der Waals surface area (Å²) in [6, 6.07) is 8.65. The number of para-hydroxylation sites is 1.